The highest BCUT2D eigenvalue weighted by Crippen LogP contribution is 2.46. The van der Waals surface area contributed by atoms with E-state index in [1.165, 1.54) is 12.8 Å². The minimum absolute atomic E-state index is 0.0150. The first-order chi connectivity index (χ1) is 27.2. The molecule has 17 heteroatoms. The second kappa shape index (κ2) is 18.5. The number of amides is 3. The summed E-state index contributed by atoms with van der Waals surface area (Å²) in [7, 11) is 0. The molecule has 4 aliphatic rings. The summed E-state index contributed by atoms with van der Waals surface area (Å²) in [6.07, 6.45) is 1.77. The van der Waals surface area contributed by atoms with Crippen LogP contribution in [0.1, 0.15) is 81.6 Å². The summed E-state index contributed by atoms with van der Waals surface area (Å²) < 4.78 is 56.4. The van der Waals surface area contributed by atoms with E-state index in [1.807, 2.05) is 45.0 Å². The molecule has 0 spiro atoms. The van der Waals surface area contributed by atoms with Crippen molar-refractivity contribution in [2.24, 2.45) is 5.41 Å². The summed E-state index contributed by atoms with van der Waals surface area (Å²) in [6, 6.07) is 11.6. The first-order valence-electron chi connectivity index (χ1n) is 19.7. The van der Waals surface area contributed by atoms with Crippen LogP contribution >= 0.6 is 0 Å². The molecular weight excluding hydrogens is 743 g/mol. The van der Waals surface area contributed by atoms with Crippen LogP contribution in [0, 0.1) is 5.41 Å². The van der Waals surface area contributed by atoms with Gasteiger partial charge in [-0.2, -0.15) is 28.1 Å². The molecule has 2 fully saturated rings. The van der Waals surface area contributed by atoms with E-state index in [9.17, 15) is 22.8 Å². The average molecular weight is 798 g/mol. The van der Waals surface area contributed by atoms with Crippen molar-refractivity contribution in [3.63, 3.8) is 0 Å². The molecule has 1 aliphatic carbocycles. The lowest BCUT2D eigenvalue weighted by atomic mass is 10.1. The fourth-order valence-corrected chi connectivity index (χ4v) is 6.72. The fourth-order valence-electron chi connectivity index (χ4n) is 6.72. The topological polar surface area (TPSA) is 155 Å². The Morgan fingerprint density at radius 2 is 1.58 bits per heavy atom. The Kier molecular flexibility index (Phi) is 13.5. The summed E-state index contributed by atoms with van der Waals surface area (Å²) in [5.41, 5.74) is 1.27. The average Bonchev–Trinajstić information content (AvgIpc) is 3.73. The van der Waals surface area contributed by atoms with Gasteiger partial charge in [0.05, 0.1) is 18.8 Å². The third-order valence-corrected chi connectivity index (χ3v) is 9.87. The quantitative estimate of drug-likeness (QED) is 0.207. The number of alkyl halides is 3. The number of likely N-dealkylation sites (tertiary alicyclic amines) is 1. The first-order valence-corrected chi connectivity index (χ1v) is 19.7. The molecule has 3 aliphatic heterocycles. The van der Waals surface area contributed by atoms with Crippen molar-refractivity contribution < 1.29 is 37.0 Å². The zero-order chi connectivity index (χ0) is 40.5. The summed E-state index contributed by atoms with van der Waals surface area (Å²) in [6.45, 7) is 9.82. The number of anilines is 3. The van der Waals surface area contributed by atoms with E-state index in [1.54, 1.807) is 23.1 Å². The number of carbonyl (C=O) groups is 2. The molecule has 14 nitrogen and oxygen atoms in total. The Labute approximate surface area is 331 Å². The molecule has 0 atom stereocenters. The van der Waals surface area contributed by atoms with Gasteiger partial charge in [-0.15, -0.1) is 0 Å². The zero-order valence-corrected chi connectivity index (χ0v) is 33.0. The molecule has 310 valence electrons. The number of rotatable bonds is 7. The lowest BCUT2D eigenvalue weighted by Gasteiger charge is -2.28. The van der Waals surface area contributed by atoms with Crippen LogP contribution < -0.4 is 35.5 Å². The highest BCUT2D eigenvalue weighted by molar-refractivity contribution is 5.97. The van der Waals surface area contributed by atoms with Crippen molar-refractivity contribution in [3.8, 4) is 17.5 Å². The van der Waals surface area contributed by atoms with E-state index < -0.39 is 24.3 Å². The number of aromatic nitrogens is 3. The SMILES string of the molecule is CC(C)(C)NC(=O)N1CCCCOc2cc(ccc2C(=O)NCC2(CN3CCCC3)CC2)Nc2nc(nc(OCC(F)(F)F)n2)NCc2ccc(cc2)OCCC1. The summed E-state index contributed by atoms with van der Waals surface area (Å²) in [5.74, 6) is 0.596. The van der Waals surface area contributed by atoms with Gasteiger partial charge in [-0.25, -0.2) is 4.79 Å². The molecule has 3 aromatic rings. The number of halogens is 3. The van der Waals surface area contributed by atoms with Crippen LogP contribution in [0.4, 0.5) is 35.5 Å². The third-order valence-electron chi connectivity index (χ3n) is 9.87. The number of hydrogen-bond donors (Lipinski definition) is 4. The molecule has 0 unspecified atom stereocenters. The monoisotopic (exact) mass is 797 g/mol. The number of urea groups is 1. The number of hydrogen-bond acceptors (Lipinski definition) is 11. The minimum Gasteiger partial charge on any atom is -0.494 e. The van der Waals surface area contributed by atoms with E-state index in [0.29, 0.717) is 68.3 Å². The van der Waals surface area contributed by atoms with Crippen LogP contribution in [-0.4, -0.2) is 107 Å². The van der Waals surface area contributed by atoms with Gasteiger partial charge in [-0.05, 0) is 109 Å². The molecular formula is C40H54F3N9O5. The number of fused-ring (bicyclic) bond motifs is 12. The molecule has 2 aromatic carbocycles. The van der Waals surface area contributed by atoms with Gasteiger partial charge in [0.1, 0.15) is 11.5 Å². The van der Waals surface area contributed by atoms with Gasteiger partial charge in [-0.1, -0.05) is 12.1 Å². The number of benzene rings is 2. The number of ether oxygens (including phenoxy) is 3. The van der Waals surface area contributed by atoms with Gasteiger partial charge in [0, 0.05) is 55.4 Å². The largest absolute Gasteiger partial charge is 0.494 e. The van der Waals surface area contributed by atoms with Crippen molar-refractivity contribution in [1.29, 1.82) is 0 Å². The van der Waals surface area contributed by atoms with Crippen LogP contribution in [0.5, 0.6) is 17.5 Å². The third kappa shape index (κ3) is 13.3. The smallest absolute Gasteiger partial charge is 0.422 e. The molecule has 4 N–H and O–H groups in total. The van der Waals surface area contributed by atoms with Gasteiger partial charge in [0.2, 0.25) is 11.9 Å². The van der Waals surface area contributed by atoms with Crippen molar-refractivity contribution >= 4 is 29.5 Å². The van der Waals surface area contributed by atoms with Crippen LogP contribution in [0.15, 0.2) is 42.5 Å². The maximum absolute atomic E-state index is 13.7. The minimum atomic E-state index is -4.61. The van der Waals surface area contributed by atoms with Gasteiger partial charge in [0.25, 0.3) is 5.91 Å². The molecule has 57 heavy (non-hydrogen) atoms. The number of nitrogens with one attached hydrogen (secondary N) is 4. The number of carbonyl (C=O) groups excluding carboxylic acids is 2. The van der Waals surface area contributed by atoms with E-state index in [4.69, 9.17) is 14.2 Å². The van der Waals surface area contributed by atoms with Crippen molar-refractivity contribution in [1.82, 2.24) is 35.4 Å². The van der Waals surface area contributed by atoms with Crippen LogP contribution in [-0.2, 0) is 6.54 Å². The fraction of sp³-hybridized carbons (Fsp3) is 0.575. The lowest BCUT2D eigenvalue weighted by molar-refractivity contribution is -0.154. The predicted octanol–water partition coefficient (Wildman–Crippen LogP) is 6.53. The Balaban J connectivity index is 1.23. The van der Waals surface area contributed by atoms with Gasteiger partial charge < -0.3 is 45.3 Å². The summed E-state index contributed by atoms with van der Waals surface area (Å²) in [5, 5.41) is 12.3. The van der Waals surface area contributed by atoms with Crippen molar-refractivity contribution in [2.45, 2.75) is 84.0 Å². The van der Waals surface area contributed by atoms with E-state index >= 15 is 0 Å². The van der Waals surface area contributed by atoms with Crippen LogP contribution in [0.3, 0.4) is 0 Å². The van der Waals surface area contributed by atoms with Crippen molar-refractivity contribution in [2.75, 3.05) is 69.7 Å². The number of nitrogens with zero attached hydrogens (tertiary/aromatic N) is 5. The zero-order valence-electron chi connectivity index (χ0n) is 33.0. The Morgan fingerprint density at radius 1 is 0.877 bits per heavy atom. The molecule has 3 amide bonds. The Hall–Kier alpha value is -5.06. The van der Waals surface area contributed by atoms with E-state index in [2.05, 4.69) is 41.1 Å². The van der Waals surface area contributed by atoms with Gasteiger partial charge in [0.15, 0.2) is 6.61 Å². The highest BCUT2D eigenvalue weighted by atomic mass is 19.4. The summed E-state index contributed by atoms with van der Waals surface area (Å²) in [4.78, 5) is 43.7. The normalized spacial score (nSPS) is 18.0. The summed E-state index contributed by atoms with van der Waals surface area (Å²) >= 11 is 0. The molecule has 6 bridgehead atoms. The lowest BCUT2D eigenvalue weighted by Crippen LogP contribution is -2.49. The standard InChI is InChI=1S/C40H54F3N9O5/c1-38(2,3)50-37(54)52-19-6-7-21-56-32-23-29(11-14-31(32)33(53)45-25-39(15-16-39)26-51-17-4-5-18-51)46-35-47-34(48-36(49-35)57-27-40(41,42)43)44-24-28-9-12-30(13-10-28)55-22-8-20-52/h9-14,23H,4-8,15-22,24-27H2,1-3H3,(H,45,53)(H,50,54)(H2,44,46,47,48,49). The Bertz CT molecular complexity index is 1810. The van der Waals surface area contributed by atoms with Gasteiger partial charge >= 0.3 is 18.2 Å². The second-order valence-electron chi connectivity index (χ2n) is 16.1. The predicted molar refractivity (Wildman–Crippen MR) is 209 cm³/mol. The molecule has 1 saturated heterocycles. The maximum Gasteiger partial charge on any atom is 0.422 e. The molecule has 4 heterocycles. The first kappa shape index (κ1) is 41.6. The second-order valence-corrected chi connectivity index (χ2v) is 16.1. The van der Waals surface area contributed by atoms with Crippen LogP contribution in [0.2, 0.25) is 0 Å². The Morgan fingerprint density at radius 3 is 2.30 bits per heavy atom. The van der Waals surface area contributed by atoms with E-state index in [-0.39, 0.29) is 42.4 Å². The molecule has 1 aromatic heterocycles. The van der Waals surface area contributed by atoms with Crippen molar-refractivity contribution in [3.05, 3.63) is 53.6 Å². The van der Waals surface area contributed by atoms with Crippen LogP contribution in [0.25, 0.3) is 0 Å². The molecule has 1 saturated carbocycles. The molecule has 0 radical (unpaired) electrons. The van der Waals surface area contributed by atoms with Gasteiger partial charge in [-0.3, -0.25) is 4.79 Å². The molecule has 7 rings (SSSR count). The van der Waals surface area contributed by atoms with E-state index in [0.717, 1.165) is 38.0 Å². The highest BCUT2D eigenvalue weighted by Gasteiger charge is 2.44. The maximum atomic E-state index is 13.7.